The Morgan fingerprint density at radius 3 is 1.31 bits per heavy atom. The average molecular weight is 479 g/mol. The fraction of sp³-hybridized carbons (Fsp3) is 0.182. The number of rotatable bonds is 9. The largest absolute Gasteiger partial charge is 0.489 e. The monoisotopic (exact) mass is 478 g/mol. The van der Waals surface area contributed by atoms with E-state index >= 15 is 0 Å². The first-order chi connectivity index (χ1) is 15.0. The number of ether oxygens (including phenoxy) is 2. The topological polar surface area (TPSA) is 127 Å². The zero-order valence-electron chi connectivity index (χ0n) is 17.1. The normalized spacial score (nSPS) is 11.8. The van der Waals surface area contributed by atoms with Crippen molar-refractivity contribution in [2.45, 2.75) is 36.3 Å². The standard InChI is InChI=1S/C22H22O8S2/c1-2-16-11-19(29-14-17-3-7-21(8-4-17)31(23,24)25)13-20(12-16)30-15-18-5-9-22(10-6-18)32(26,27)28/h3-13H,2,14-15H2,1H3,(H,23,24,25)(H,26,27,28). The van der Waals surface area contributed by atoms with Crippen LogP contribution in [0.4, 0.5) is 0 Å². The molecule has 0 fully saturated rings. The smallest absolute Gasteiger partial charge is 0.294 e. The van der Waals surface area contributed by atoms with Crippen molar-refractivity contribution in [1.29, 1.82) is 0 Å². The van der Waals surface area contributed by atoms with Crippen molar-refractivity contribution in [2.75, 3.05) is 0 Å². The molecule has 0 saturated heterocycles. The van der Waals surface area contributed by atoms with E-state index in [1.54, 1.807) is 30.3 Å². The van der Waals surface area contributed by atoms with Gasteiger partial charge in [0, 0.05) is 6.07 Å². The highest BCUT2D eigenvalue weighted by Gasteiger charge is 2.10. The first-order valence-corrected chi connectivity index (χ1v) is 12.4. The predicted octanol–water partition coefficient (Wildman–Crippen LogP) is 3.90. The summed E-state index contributed by atoms with van der Waals surface area (Å²) in [6, 6.07) is 16.9. The molecule has 3 rings (SSSR count). The van der Waals surface area contributed by atoms with Gasteiger partial charge >= 0.3 is 0 Å². The summed E-state index contributed by atoms with van der Waals surface area (Å²) in [5.74, 6) is 1.14. The lowest BCUT2D eigenvalue weighted by Gasteiger charge is -2.12. The molecule has 0 amide bonds. The molecule has 8 nitrogen and oxygen atoms in total. The summed E-state index contributed by atoms with van der Waals surface area (Å²) in [5, 5.41) is 0. The summed E-state index contributed by atoms with van der Waals surface area (Å²) < 4.78 is 74.2. The van der Waals surface area contributed by atoms with E-state index < -0.39 is 20.2 Å². The van der Waals surface area contributed by atoms with Gasteiger partial charge in [0.2, 0.25) is 0 Å². The van der Waals surface area contributed by atoms with Gasteiger partial charge in [0.15, 0.2) is 0 Å². The number of hydrogen-bond acceptors (Lipinski definition) is 6. The lowest BCUT2D eigenvalue weighted by molar-refractivity contribution is 0.289. The third kappa shape index (κ3) is 6.54. The van der Waals surface area contributed by atoms with Gasteiger partial charge in [0.25, 0.3) is 20.2 Å². The Labute approximate surface area is 186 Å². The van der Waals surface area contributed by atoms with Crippen molar-refractivity contribution in [3.8, 4) is 11.5 Å². The van der Waals surface area contributed by atoms with Crippen LogP contribution in [-0.4, -0.2) is 25.9 Å². The van der Waals surface area contributed by atoms with Crippen LogP contribution in [-0.2, 0) is 39.9 Å². The van der Waals surface area contributed by atoms with Crippen LogP contribution in [0.5, 0.6) is 11.5 Å². The fourth-order valence-electron chi connectivity index (χ4n) is 2.85. The molecule has 0 aromatic heterocycles. The SMILES string of the molecule is CCc1cc(OCc2ccc(S(=O)(=O)O)cc2)cc(OCc2ccc(S(=O)(=O)O)cc2)c1. The van der Waals surface area contributed by atoms with Crippen LogP contribution in [0.3, 0.4) is 0 Å². The van der Waals surface area contributed by atoms with Gasteiger partial charge in [-0.15, -0.1) is 0 Å². The molecule has 0 aliphatic heterocycles. The molecule has 0 heterocycles. The third-order valence-corrected chi connectivity index (χ3v) is 6.34. The van der Waals surface area contributed by atoms with Crippen molar-refractivity contribution >= 4 is 20.2 Å². The molecule has 2 N–H and O–H groups in total. The van der Waals surface area contributed by atoms with Crippen LogP contribution < -0.4 is 9.47 Å². The Morgan fingerprint density at radius 1 is 0.625 bits per heavy atom. The molecule has 0 unspecified atom stereocenters. The highest BCUT2D eigenvalue weighted by molar-refractivity contribution is 7.86. The third-order valence-electron chi connectivity index (χ3n) is 4.60. The molecule has 10 heteroatoms. The molecule has 0 aliphatic carbocycles. The van der Waals surface area contributed by atoms with E-state index in [4.69, 9.17) is 18.6 Å². The van der Waals surface area contributed by atoms with Crippen LogP contribution >= 0.6 is 0 Å². The van der Waals surface area contributed by atoms with Crippen LogP contribution in [0, 0.1) is 0 Å². The summed E-state index contributed by atoms with van der Waals surface area (Å²) in [4.78, 5) is -0.371. The Bertz CT molecular complexity index is 1180. The molecule has 170 valence electrons. The first kappa shape index (κ1) is 23.7. The van der Waals surface area contributed by atoms with E-state index in [0.29, 0.717) is 11.5 Å². The molecule has 0 saturated carbocycles. The van der Waals surface area contributed by atoms with Crippen LogP contribution in [0.25, 0.3) is 0 Å². The van der Waals surface area contributed by atoms with Crippen LogP contribution in [0.1, 0.15) is 23.6 Å². The summed E-state index contributed by atoms with van der Waals surface area (Å²) in [7, 11) is -8.48. The van der Waals surface area contributed by atoms with Gasteiger partial charge in [-0.2, -0.15) is 16.8 Å². The molecular weight excluding hydrogens is 456 g/mol. The minimum Gasteiger partial charge on any atom is -0.489 e. The number of hydrogen-bond donors (Lipinski definition) is 2. The molecular formula is C22H22O8S2. The molecule has 0 aliphatic rings. The van der Waals surface area contributed by atoms with Crippen molar-refractivity contribution in [3.05, 3.63) is 83.4 Å². The summed E-state index contributed by atoms with van der Waals surface area (Å²) in [5.41, 5.74) is 2.43. The van der Waals surface area contributed by atoms with Gasteiger partial charge in [0.05, 0.1) is 9.79 Å². The van der Waals surface area contributed by atoms with E-state index in [9.17, 15) is 16.8 Å². The van der Waals surface area contributed by atoms with E-state index in [1.807, 2.05) is 19.1 Å². The molecule has 0 radical (unpaired) electrons. The van der Waals surface area contributed by atoms with Gasteiger partial charge in [-0.1, -0.05) is 31.2 Å². The van der Waals surface area contributed by atoms with Gasteiger partial charge < -0.3 is 9.47 Å². The Hall–Kier alpha value is -2.92. The molecule has 0 bridgehead atoms. The molecule has 3 aromatic rings. The minimum atomic E-state index is -4.24. The quantitative estimate of drug-likeness (QED) is 0.443. The molecule has 0 spiro atoms. The van der Waals surface area contributed by atoms with Crippen molar-refractivity contribution in [2.24, 2.45) is 0 Å². The maximum Gasteiger partial charge on any atom is 0.294 e. The molecule has 32 heavy (non-hydrogen) atoms. The fourth-order valence-corrected chi connectivity index (χ4v) is 3.81. The zero-order valence-corrected chi connectivity index (χ0v) is 18.8. The lowest BCUT2D eigenvalue weighted by atomic mass is 10.1. The average Bonchev–Trinajstić information content (AvgIpc) is 2.75. The van der Waals surface area contributed by atoms with E-state index in [0.717, 1.165) is 23.1 Å². The van der Waals surface area contributed by atoms with Crippen molar-refractivity contribution in [3.63, 3.8) is 0 Å². The summed E-state index contributed by atoms with van der Waals surface area (Å²) in [6.45, 7) is 2.37. The van der Waals surface area contributed by atoms with E-state index in [2.05, 4.69) is 0 Å². The maximum atomic E-state index is 11.1. The zero-order chi connectivity index (χ0) is 23.4. The Kier molecular flexibility index (Phi) is 7.19. The highest BCUT2D eigenvalue weighted by Crippen LogP contribution is 2.25. The Morgan fingerprint density at radius 2 is 1.00 bits per heavy atom. The van der Waals surface area contributed by atoms with E-state index in [-0.39, 0.29) is 23.0 Å². The first-order valence-electron chi connectivity index (χ1n) is 9.57. The summed E-state index contributed by atoms with van der Waals surface area (Å²) in [6.07, 6.45) is 0.750. The van der Waals surface area contributed by atoms with Crippen molar-refractivity contribution in [1.82, 2.24) is 0 Å². The molecule has 3 aromatic carbocycles. The van der Waals surface area contributed by atoms with E-state index in [1.165, 1.54) is 24.3 Å². The minimum absolute atomic E-state index is 0.186. The lowest BCUT2D eigenvalue weighted by Crippen LogP contribution is -2.01. The Balaban J connectivity index is 1.67. The highest BCUT2D eigenvalue weighted by atomic mass is 32.2. The predicted molar refractivity (Wildman–Crippen MR) is 117 cm³/mol. The number of benzene rings is 3. The molecule has 0 atom stereocenters. The van der Waals surface area contributed by atoms with Crippen molar-refractivity contribution < 1.29 is 35.4 Å². The van der Waals surface area contributed by atoms with Crippen LogP contribution in [0.2, 0.25) is 0 Å². The van der Waals surface area contributed by atoms with Gasteiger partial charge in [-0.05, 0) is 59.5 Å². The second-order valence-corrected chi connectivity index (χ2v) is 9.82. The second kappa shape index (κ2) is 9.70. The van der Waals surface area contributed by atoms with Gasteiger partial charge in [-0.3, -0.25) is 9.11 Å². The second-order valence-electron chi connectivity index (χ2n) is 6.98. The van der Waals surface area contributed by atoms with Crippen LogP contribution in [0.15, 0.2) is 76.5 Å². The van der Waals surface area contributed by atoms with Gasteiger partial charge in [-0.25, -0.2) is 0 Å². The summed E-state index contributed by atoms with van der Waals surface area (Å²) >= 11 is 0. The van der Waals surface area contributed by atoms with Gasteiger partial charge in [0.1, 0.15) is 24.7 Å². The maximum absolute atomic E-state index is 11.1. The number of aryl methyl sites for hydroxylation is 1.